The maximum atomic E-state index is 12.2. The van der Waals surface area contributed by atoms with E-state index in [0.717, 1.165) is 11.3 Å². The summed E-state index contributed by atoms with van der Waals surface area (Å²) >= 11 is 1.38. The number of likely N-dealkylation sites (N-methyl/N-ethyl adjacent to an activating group) is 1. The molecule has 0 aliphatic heterocycles. The number of benzene rings is 1. The smallest absolute Gasteiger partial charge is 0.254 e. The first-order valence-corrected chi connectivity index (χ1v) is 8.67. The van der Waals surface area contributed by atoms with Gasteiger partial charge >= 0.3 is 0 Å². The van der Waals surface area contributed by atoms with Gasteiger partial charge in [-0.3, -0.25) is 14.6 Å². The Morgan fingerprint density at radius 2 is 1.85 bits per heavy atom. The normalized spacial score (nSPS) is 10.3. The van der Waals surface area contributed by atoms with Crippen molar-refractivity contribution < 1.29 is 9.59 Å². The molecule has 1 aromatic carbocycles. The summed E-state index contributed by atoms with van der Waals surface area (Å²) in [5.74, 6) is -0.514. The lowest BCUT2D eigenvalue weighted by atomic mass is 10.1. The monoisotopic (exact) mass is 367 g/mol. The molecule has 8 heteroatoms. The van der Waals surface area contributed by atoms with Crippen LogP contribution in [0.3, 0.4) is 0 Å². The quantitative estimate of drug-likeness (QED) is 0.721. The summed E-state index contributed by atoms with van der Waals surface area (Å²) in [4.78, 5) is 33.9. The van der Waals surface area contributed by atoms with E-state index in [2.05, 4.69) is 15.3 Å². The van der Waals surface area contributed by atoms with Gasteiger partial charge in [0.15, 0.2) is 5.13 Å². The number of amides is 2. The van der Waals surface area contributed by atoms with Crippen molar-refractivity contribution in [3.05, 3.63) is 59.7 Å². The number of thiazole rings is 1. The molecule has 7 nitrogen and oxygen atoms in total. The average Bonchev–Trinajstić information content (AvgIpc) is 3.08. The van der Waals surface area contributed by atoms with Crippen molar-refractivity contribution in [2.75, 3.05) is 24.6 Å². The van der Waals surface area contributed by atoms with Crippen LogP contribution in [0.4, 0.5) is 10.8 Å². The van der Waals surface area contributed by atoms with Crippen LogP contribution in [0.25, 0.3) is 11.3 Å². The fraction of sp³-hybridized carbons (Fsp3) is 0.111. The fourth-order valence-corrected chi connectivity index (χ4v) is 2.92. The number of rotatable bonds is 5. The second kappa shape index (κ2) is 7.75. The van der Waals surface area contributed by atoms with Gasteiger partial charge in [-0.25, -0.2) is 4.98 Å². The summed E-state index contributed by atoms with van der Waals surface area (Å²) in [6.07, 6.45) is 3.08. The molecule has 0 unspecified atom stereocenters. The topological polar surface area (TPSA) is 101 Å². The molecule has 0 bridgehead atoms. The molecular weight excluding hydrogens is 350 g/mol. The van der Waals surface area contributed by atoms with E-state index in [4.69, 9.17) is 5.73 Å². The number of hydrogen-bond acceptors (Lipinski definition) is 6. The highest BCUT2D eigenvalue weighted by Crippen LogP contribution is 2.24. The number of pyridine rings is 1. The number of carbonyl (C=O) groups excluding carboxylic acids is 2. The predicted molar refractivity (Wildman–Crippen MR) is 102 cm³/mol. The Morgan fingerprint density at radius 3 is 2.46 bits per heavy atom. The van der Waals surface area contributed by atoms with Gasteiger partial charge in [0.25, 0.3) is 5.91 Å². The van der Waals surface area contributed by atoms with Crippen LogP contribution < -0.4 is 11.1 Å². The van der Waals surface area contributed by atoms with E-state index >= 15 is 0 Å². The van der Waals surface area contributed by atoms with E-state index in [1.807, 2.05) is 17.5 Å². The molecule has 132 valence electrons. The van der Waals surface area contributed by atoms with Gasteiger partial charge in [-0.2, -0.15) is 0 Å². The predicted octanol–water partition coefficient (Wildman–Crippen LogP) is 2.50. The molecule has 3 aromatic rings. The number of anilines is 2. The van der Waals surface area contributed by atoms with E-state index in [1.165, 1.54) is 16.2 Å². The second-order valence-corrected chi connectivity index (χ2v) is 6.48. The maximum Gasteiger partial charge on any atom is 0.254 e. The molecule has 0 atom stereocenters. The van der Waals surface area contributed by atoms with Crippen molar-refractivity contribution in [2.45, 2.75) is 0 Å². The van der Waals surface area contributed by atoms with E-state index in [9.17, 15) is 9.59 Å². The second-order valence-electron chi connectivity index (χ2n) is 5.59. The maximum absolute atomic E-state index is 12.2. The van der Waals surface area contributed by atoms with Crippen molar-refractivity contribution in [3.8, 4) is 11.3 Å². The Bertz CT molecular complexity index is 909. The number of nitrogens with zero attached hydrogens (tertiary/aromatic N) is 3. The number of nitrogens with two attached hydrogens (primary N) is 1. The van der Waals surface area contributed by atoms with Gasteiger partial charge in [-0.05, 0) is 24.3 Å². The van der Waals surface area contributed by atoms with Crippen LogP contribution >= 0.6 is 11.3 Å². The summed E-state index contributed by atoms with van der Waals surface area (Å²) in [6.45, 7) is -0.0501. The van der Waals surface area contributed by atoms with Crippen LogP contribution in [0.2, 0.25) is 0 Å². The Labute approximate surface area is 154 Å². The summed E-state index contributed by atoms with van der Waals surface area (Å²) in [7, 11) is 1.58. The molecule has 26 heavy (non-hydrogen) atoms. The van der Waals surface area contributed by atoms with Crippen molar-refractivity contribution in [3.63, 3.8) is 0 Å². The minimum atomic E-state index is -0.277. The van der Waals surface area contributed by atoms with E-state index < -0.39 is 0 Å². The third-order valence-corrected chi connectivity index (χ3v) is 4.32. The van der Waals surface area contributed by atoms with Crippen molar-refractivity contribution >= 4 is 34.0 Å². The zero-order valence-corrected chi connectivity index (χ0v) is 14.9. The summed E-state index contributed by atoms with van der Waals surface area (Å²) in [6, 6.07) is 10.5. The highest BCUT2D eigenvalue weighted by molar-refractivity contribution is 7.13. The summed E-state index contributed by atoms with van der Waals surface area (Å²) in [5.41, 5.74) is 8.49. The summed E-state index contributed by atoms with van der Waals surface area (Å²) in [5, 5.41) is 5.17. The molecule has 0 fully saturated rings. The van der Waals surface area contributed by atoms with E-state index in [0.29, 0.717) is 16.4 Å². The molecule has 0 saturated carbocycles. The first-order valence-electron chi connectivity index (χ1n) is 7.80. The first kappa shape index (κ1) is 17.6. The zero-order chi connectivity index (χ0) is 18.5. The van der Waals surface area contributed by atoms with Crippen molar-refractivity contribution in [1.29, 1.82) is 0 Å². The molecule has 0 saturated heterocycles. The first-order chi connectivity index (χ1) is 12.5. The van der Waals surface area contributed by atoms with Gasteiger partial charge in [0.2, 0.25) is 5.91 Å². The molecule has 2 aromatic heterocycles. The molecule has 0 aliphatic rings. The van der Waals surface area contributed by atoms with Crippen LogP contribution in [0.5, 0.6) is 0 Å². The highest BCUT2D eigenvalue weighted by Gasteiger charge is 2.15. The molecule has 0 radical (unpaired) electrons. The molecule has 3 N–H and O–H groups in total. The molecule has 2 heterocycles. The Balaban J connectivity index is 1.58. The van der Waals surface area contributed by atoms with Gasteiger partial charge in [0.1, 0.15) is 0 Å². The minimum Gasteiger partial charge on any atom is -0.375 e. The van der Waals surface area contributed by atoms with Crippen LogP contribution in [0, 0.1) is 0 Å². The SMILES string of the molecule is CN(CC(=O)Nc1ccc(-c2csc(N)n2)cc1)C(=O)c1ccncc1. The van der Waals surface area contributed by atoms with Gasteiger partial charge in [-0.15, -0.1) is 11.3 Å². The van der Waals surface area contributed by atoms with Crippen molar-refractivity contribution in [1.82, 2.24) is 14.9 Å². The molecular formula is C18H17N5O2S. The Hall–Kier alpha value is -3.26. The van der Waals surface area contributed by atoms with E-state index in [1.54, 1.807) is 43.7 Å². The third-order valence-electron chi connectivity index (χ3n) is 3.64. The molecule has 2 amide bonds. The molecule has 0 spiro atoms. The standard InChI is InChI=1S/C18H17N5O2S/c1-23(17(25)13-6-8-20-9-7-13)10-16(24)21-14-4-2-12(3-5-14)15-11-26-18(19)22-15/h2-9,11H,10H2,1H3,(H2,19,22)(H,21,24). The average molecular weight is 367 g/mol. The van der Waals surface area contributed by atoms with Crippen LogP contribution in [0.1, 0.15) is 10.4 Å². The number of aromatic nitrogens is 2. The van der Waals surface area contributed by atoms with Crippen LogP contribution in [0.15, 0.2) is 54.2 Å². The largest absolute Gasteiger partial charge is 0.375 e. The summed E-state index contributed by atoms with van der Waals surface area (Å²) < 4.78 is 0. The third kappa shape index (κ3) is 4.22. The van der Waals surface area contributed by atoms with Gasteiger partial charge in [0.05, 0.1) is 12.2 Å². The van der Waals surface area contributed by atoms with Crippen LogP contribution in [-0.4, -0.2) is 40.3 Å². The number of carbonyl (C=O) groups is 2. The lowest BCUT2D eigenvalue weighted by molar-refractivity contribution is -0.116. The number of hydrogen-bond donors (Lipinski definition) is 2. The van der Waals surface area contributed by atoms with Crippen molar-refractivity contribution in [2.24, 2.45) is 0 Å². The highest BCUT2D eigenvalue weighted by atomic mass is 32.1. The molecule has 0 aliphatic carbocycles. The fourth-order valence-electron chi connectivity index (χ4n) is 2.35. The van der Waals surface area contributed by atoms with E-state index in [-0.39, 0.29) is 18.4 Å². The Kier molecular flexibility index (Phi) is 5.23. The van der Waals surface area contributed by atoms with Gasteiger partial charge in [0, 0.05) is 41.6 Å². The van der Waals surface area contributed by atoms with Gasteiger partial charge in [-0.1, -0.05) is 12.1 Å². The lowest BCUT2D eigenvalue weighted by Crippen LogP contribution is -2.34. The van der Waals surface area contributed by atoms with Gasteiger partial charge < -0.3 is 16.0 Å². The number of nitrogens with one attached hydrogen (secondary N) is 1. The minimum absolute atomic E-state index is 0.0501. The molecule has 3 rings (SSSR count). The number of nitrogen functional groups attached to an aromatic ring is 1. The lowest BCUT2D eigenvalue weighted by Gasteiger charge is -2.16. The van der Waals surface area contributed by atoms with Crippen LogP contribution in [-0.2, 0) is 4.79 Å². The zero-order valence-electron chi connectivity index (χ0n) is 14.0. The Morgan fingerprint density at radius 1 is 1.15 bits per heavy atom.